The summed E-state index contributed by atoms with van der Waals surface area (Å²) in [6, 6.07) is -5.66. The molecule has 0 saturated heterocycles. The minimum Gasteiger partial charge on any atom is -0.480 e. The molecule has 15 N–H and O–H groups in total. The van der Waals surface area contributed by atoms with Gasteiger partial charge in [0.25, 0.3) is 0 Å². The van der Waals surface area contributed by atoms with Crippen LogP contribution in [0.2, 0.25) is 0 Å². The lowest BCUT2D eigenvalue weighted by Crippen LogP contribution is -2.56. The summed E-state index contributed by atoms with van der Waals surface area (Å²) in [5.41, 5.74) is 21.7. The molecule has 6 atom stereocenters. The second kappa shape index (κ2) is 24.2. The van der Waals surface area contributed by atoms with E-state index in [2.05, 4.69) is 36.9 Å². The minimum absolute atomic E-state index is 0.0468. The van der Waals surface area contributed by atoms with Crippen LogP contribution in [-0.2, 0) is 38.4 Å². The molecule has 0 spiro atoms. The van der Waals surface area contributed by atoms with Crippen molar-refractivity contribution in [3.8, 4) is 0 Å². The van der Waals surface area contributed by atoms with Crippen molar-refractivity contribution in [3.05, 3.63) is 0 Å². The fourth-order valence-corrected chi connectivity index (χ4v) is 4.60. The number of guanidine groups is 1. The van der Waals surface area contributed by atoms with Crippen LogP contribution in [0.1, 0.15) is 80.1 Å². The van der Waals surface area contributed by atoms with E-state index in [9.17, 15) is 43.5 Å². The molecule has 20 heteroatoms. The molecule has 0 aromatic heterocycles. The van der Waals surface area contributed by atoms with Crippen LogP contribution in [0.4, 0.5) is 0 Å². The number of nitrogens with zero attached hydrogens (tertiary/aromatic N) is 1. The second-order valence-corrected chi connectivity index (χ2v) is 13.3. The van der Waals surface area contributed by atoms with Crippen molar-refractivity contribution in [3.63, 3.8) is 0 Å². The van der Waals surface area contributed by atoms with E-state index < -0.39 is 96.5 Å². The number of nitrogens with two attached hydrogens (primary N) is 4. The SMILES string of the molecule is CC[C@H](C)[C@H](NC(=O)CNC(=O)[C@H](CCC(N)=O)NC(=O)[C@@H](N)C(C)C)C(=O)NCC(=O)N[C@@H](CCCN=C(N)N)C(=O)N[C@@H](CC(C)C)C(=O)O. The molecule has 0 rings (SSSR count). The molecule has 0 aromatic rings. The summed E-state index contributed by atoms with van der Waals surface area (Å²) in [5.74, 6) is -7.23. The number of primary amides is 1. The van der Waals surface area contributed by atoms with E-state index in [0.717, 1.165) is 0 Å². The number of carbonyl (C=O) groups is 8. The molecule has 0 saturated carbocycles. The molecule has 296 valence electrons. The molecule has 0 aliphatic rings. The average Bonchev–Trinajstić information content (AvgIpc) is 3.06. The van der Waals surface area contributed by atoms with Crippen LogP contribution >= 0.6 is 0 Å². The van der Waals surface area contributed by atoms with E-state index >= 15 is 0 Å². The monoisotopic (exact) mass is 741 g/mol. The van der Waals surface area contributed by atoms with E-state index in [4.69, 9.17) is 22.9 Å². The first-order valence-electron chi connectivity index (χ1n) is 17.3. The maximum Gasteiger partial charge on any atom is 0.326 e. The fourth-order valence-electron chi connectivity index (χ4n) is 4.60. The number of amides is 7. The summed E-state index contributed by atoms with van der Waals surface area (Å²) in [6.07, 6.45) is 0.523. The third kappa shape index (κ3) is 19.4. The quantitative estimate of drug-likeness (QED) is 0.0248. The number of carboxylic acids is 1. The van der Waals surface area contributed by atoms with Gasteiger partial charge >= 0.3 is 5.97 Å². The van der Waals surface area contributed by atoms with Crippen molar-refractivity contribution in [1.29, 1.82) is 0 Å². The second-order valence-electron chi connectivity index (χ2n) is 13.3. The zero-order valence-electron chi connectivity index (χ0n) is 31.0. The number of aliphatic imine (C=N–C) groups is 1. The Kier molecular flexibility index (Phi) is 21.9. The third-order valence-electron chi connectivity index (χ3n) is 7.91. The molecule has 0 bridgehead atoms. The van der Waals surface area contributed by atoms with Crippen molar-refractivity contribution in [2.24, 2.45) is 45.7 Å². The first-order chi connectivity index (χ1) is 24.2. The van der Waals surface area contributed by atoms with Crippen LogP contribution in [0.5, 0.6) is 0 Å². The van der Waals surface area contributed by atoms with Gasteiger partial charge in [-0.15, -0.1) is 0 Å². The highest BCUT2D eigenvalue weighted by molar-refractivity contribution is 5.95. The molecule has 0 aromatic carbocycles. The zero-order valence-corrected chi connectivity index (χ0v) is 31.0. The highest BCUT2D eigenvalue weighted by atomic mass is 16.4. The molecule has 0 fully saturated rings. The van der Waals surface area contributed by atoms with Gasteiger partial charge in [0.2, 0.25) is 41.4 Å². The number of rotatable bonds is 25. The normalized spacial score (nSPS) is 14.4. The average molecular weight is 742 g/mol. The number of carboxylic acid groups (broad SMARTS) is 1. The zero-order chi connectivity index (χ0) is 40.1. The van der Waals surface area contributed by atoms with Crippen molar-refractivity contribution in [2.45, 2.75) is 110 Å². The van der Waals surface area contributed by atoms with Gasteiger partial charge in [-0.1, -0.05) is 48.0 Å². The number of hydrogen-bond acceptors (Lipinski definition) is 10. The van der Waals surface area contributed by atoms with E-state index in [0.29, 0.717) is 6.42 Å². The van der Waals surface area contributed by atoms with Gasteiger partial charge in [0, 0.05) is 13.0 Å². The molecule has 0 heterocycles. The largest absolute Gasteiger partial charge is 0.480 e. The summed E-state index contributed by atoms with van der Waals surface area (Å²) in [4.78, 5) is 104. The van der Waals surface area contributed by atoms with Gasteiger partial charge in [-0.3, -0.25) is 38.6 Å². The Bertz CT molecular complexity index is 1270. The lowest BCUT2D eigenvalue weighted by Gasteiger charge is -2.25. The standard InChI is InChI=1S/C32H59N11O9/c1-7-18(6)26(43-24(46)15-38-27(47)20(10-11-22(33)44)41-29(49)25(34)17(4)5)30(50)39-14-23(45)40-19(9-8-12-37-32(35)36)28(48)42-21(31(51)52)13-16(2)3/h16-21,25-26H,7-15,34H2,1-6H3,(H2,33,44)(H,38,47)(H,39,50)(H,40,45)(H,41,49)(H,42,48)(H,43,46)(H,51,52)(H4,35,36,37)/t18-,19-,20-,21-,25-,26-/m0/s1. The number of aliphatic carboxylic acids is 1. The van der Waals surface area contributed by atoms with Crippen LogP contribution in [0.25, 0.3) is 0 Å². The van der Waals surface area contributed by atoms with Gasteiger partial charge in [0.1, 0.15) is 24.2 Å². The molecular formula is C32H59N11O9. The summed E-state index contributed by atoms with van der Waals surface area (Å²) in [5, 5.41) is 24.3. The van der Waals surface area contributed by atoms with Gasteiger partial charge in [-0.25, -0.2) is 4.79 Å². The van der Waals surface area contributed by atoms with Gasteiger partial charge in [0.05, 0.1) is 19.1 Å². The Hall–Kier alpha value is -5.01. The molecular weight excluding hydrogens is 682 g/mol. The van der Waals surface area contributed by atoms with Crippen LogP contribution in [0, 0.1) is 17.8 Å². The maximum atomic E-state index is 13.2. The Morgan fingerprint density at radius 3 is 1.73 bits per heavy atom. The fraction of sp³-hybridized carbons (Fsp3) is 0.719. The summed E-state index contributed by atoms with van der Waals surface area (Å²) in [6.45, 7) is 9.42. The summed E-state index contributed by atoms with van der Waals surface area (Å²) >= 11 is 0. The first kappa shape index (κ1) is 47.0. The highest BCUT2D eigenvalue weighted by Crippen LogP contribution is 2.09. The van der Waals surface area contributed by atoms with E-state index in [1.54, 1.807) is 41.5 Å². The van der Waals surface area contributed by atoms with Crippen molar-refractivity contribution >= 4 is 53.3 Å². The van der Waals surface area contributed by atoms with E-state index in [-0.39, 0.29) is 56.4 Å². The van der Waals surface area contributed by atoms with Crippen molar-refractivity contribution in [2.75, 3.05) is 19.6 Å². The predicted molar refractivity (Wildman–Crippen MR) is 191 cm³/mol. The Morgan fingerprint density at radius 1 is 0.692 bits per heavy atom. The molecule has 20 nitrogen and oxygen atoms in total. The van der Waals surface area contributed by atoms with Gasteiger partial charge in [-0.05, 0) is 43.4 Å². The number of nitrogens with one attached hydrogen (secondary N) is 6. The molecule has 0 radical (unpaired) electrons. The lowest BCUT2D eigenvalue weighted by molar-refractivity contribution is -0.142. The molecule has 0 aliphatic heterocycles. The Labute approximate surface area is 304 Å². The van der Waals surface area contributed by atoms with Crippen LogP contribution in [0.15, 0.2) is 4.99 Å². The smallest absolute Gasteiger partial charge is 0.326 e. The third-order valence-corrected chi connectivity index (χ3v) is 7.91. The summed E-state index contributed by atoms with van der Waals surface area (Å²) in [7, 11) is 0. The summed E-state index contributed by atoms with van der Waals surface area (Å²) < 4.78 is 0. The van der Waals surface area contributed by atoms with Crippen molar-refractivity contribution < 1.29 is 43.5 Å². The highest BCUT2D eigenvalue weighted by Gasteiger charge is 2.30. The first-order valence-corrected chi connectivity index (χ1v) is 17.3. The Morgan fingerprint density at radius 2 is 1.23 bits per heavy atom. The van der Waals surface area contributed by atoms with E-state index in [1.165, 1.54) is 0 Å². The van der Waals surface area contributed by atoms with Crippen molar-refractivity contribution in [1.82, 2.24) is 31.9 Å². The number of hydrogen-bond donors (Lipinski definition) is 11. The topological polar surface area (TPSA) is 345 Å². The maximum absolute atomic E-state index is 13.2. The van der Waals surface area contributed by atoms with Crippen LogP contribution < -0.4 is 54.8 Å². The van der Waals surface area contributed by atoms with Crippen LogP contribution in [0.3, 0.4) is 0 Å². The molecule has 52 heavy (non-hydrogen) atoms. The van der Waals surface area contributed by atoms with Gasteiger partial charge in [-0.2, -0.15) is 0 Å². The Balaban J connectivity index is 5.55. The lowest BCUT2D eigenvalue weighted by atomic mass is 9.98. The molecule has 0 aliphatic carbocycles. The molecule has 7 amide bonds. The predicted octanol–water partition coefficient (Wildman–Crippen LogP) is -3.36. The van der Waals surface area contributed by atoms with Gasteiger partial charge in [0.15, 0.2) is 5.96 Å². The minimum atomic E-state index is -1.24. The van der Waals surface area contributed by atoms with Gasteiger partial charge < -0.3 is 59.9 Å². The van der Waals surface area contributed by atoms with E-state index in [1.807, 2.05) is 0 Å². The number of carbonyl (C=O) groups excluding carboxylic acids is 7. The molecule has 0 unspecified atom stereocenters. The van der Waals surface area contributed by atoms with Crippen LogP contribution in [-0.4, -0.2) is 108 Å².